The predicted octanol–water partition coefficient (Wildman–Crippen LogP) is 2.47. The first-order chi connectivity index (χ1) is 12.9. The van der Waals surface area contributed by atoms with Crippen LogP contribution in [0.1, 0.15) is 40.9 Å². The molecule has 0 aliphatic carbocycles. The zero-order valence-corrected chi connectivity index (χ0v) is 15.8. The summed E-state index contributed by atoms with van der Waals surface area (Å²) in [7, 11) is 1.31. The van der Waals surface area contributed by atoms with Crippen molar-refractivity contribution in [3.8, 4) is 11.8 Å². The van der Waals surface area contributed by atoms with Crippen LogP contribution >= 0.6 is 0 Å². The van der Waals surface area contributed by atoms with E-state index in [9.17, 15) is 9.59 Å². The fraction of sp³-hybridized carbons (Fsp3) is 0.273. The average molecular weight is 364 g/mol. The minimum Gasteiger partial charge on any atom is -0.467 e. The molecule has 0 saturated heterocycles. The van der Waals surface area contributed by atoms with Crippen LogP contribution in [0.2, 0.25) is 0 Å². The maximum Gasteiger partial charge on any atom is 0.328 e. The summed E-state index contributed by atoms with van der Waals surface area (Å²) in [6, 6.07) is 14.0. The molecule has 0 heterocycles. The third-order valence-electron chi connectivity index (χ3n) is 4.10. The van der Waals surface area contributed by atoms with Gasteiger partial charge in [0.15, 0.2) is 0 Å². The van der Waals surface area contributed by atoms with Crippen LogP contribution in [0.5, 0.6) is 0 Å². The molecular weight excluding hydrogens is 340 g/mol. The normalized spacial score (nSPS) is 11.3. The molecule has 0 unspecified atom stereocenters. The fourth-order valence-corrected chi connectivity index (χ4v) is 2.42. The highest BCUT2D eigenvalue weighted by atomic mass is 16.5. The predicted molar refractivity (Wildman–Crippen MR) is 105 cm³/mol. The van der Waals surface area contributed by atoms with E-state index >= 15 is 0 Å². The quantitative estimate of drug-likeness (QED) is 0.631. The molecule has 2 rings (SSSR count). The van der Waals surface area contributed by atoms with Gasteiger partial charge in [0.2, 0.25) is 0 Å². The molecule has 2 aromatic rings. The van der Waals surface area contributed by atoms with Gasteiger partial charge in [-0.25, -0.2) is 4.79 Å². The molecule has 5 heteroatoms. The van der Waals surface area contributed by atoms with Crippen LogP contribution in [0, 0.1) is 17.8 Å². The van der Waals surface area contributed by atoms with Gasteiger partial charge in [0.1, 0.15) is 6.04 Å². The SMILES string of the molecule is COC(=O)[C@@H](NC(=O)c1ccc(C#Cc2ccc(CN)cc2)cc1)C(C)C. The van der Waals surface area contributed by atoms with Gasteiger partial charge in [0.25, 0.3) is 5.91 Å². The summed E-state index contributed by atoms with van der Waals surface area (Å²) < 4.78 is 4.74. The second-order valence-electron chi connectivity index (χ2n) is 6.45. The number of ether oxygens (including phenoxy) is 1. The van der Waals surface area contributed by atoms with E-state index in [-0.39, 0.29) is 11.8 Å². The number of hydrogen-bond acceptors (Lipinski definition) is 4. The number of carbonyl (C=O) groups is 2. The third kappa shape index (κ3) is 5.70. The topological polar surface area (TPSA) is 81.4 Å². The maximum atomic E-state index is 12.4. The zero-order valence-electron chi connectivity index (χ0n) is 15.8. The Morgan fingerprint density at radius 1 is 1.00 bits per heavy atom. The van der Waals surface area contributed by atoms with E-state index < -0.39 is 12.0 Å². The number of esters is 1. The second kappa shape index (κ2) is 9.56. The van der Waals surface area contributed by atoms with Crippen LogP contribution in [-0.4, -0.2) is 25.0 Å². The summed E-state index contributed by atoms with van der Waals surface area (Å²) in [5.41, 5.74) is 8.79. The molecule has 3 N–H and O–H groups in total. The van der Waals surface area contributed by atoms with E-state index in [0.717, 1.165) is 16.7 Å². The van der Waals surface area contributed by atoms with Gasteiger partial charge in [-0.05, 0) is 47.9 Å². The molecule has 0 fully saturated rings. The number of methoxy groups -OCH3 is 1. The Hall–Kier alpha value is -3.10. The minimum absolute atomic E-state index is 0.0720. The highest BCUT2D eigenvalue weighted by Crippen LogP contribution is 2.08. The van der Waals surface area contributed by atoms with Crippen molar-refractivity contribution < 1.29 is 14.3 Å². The van der Waals surface area contributed by atoms with Gasteiger partial charge in [0.05, 0.1) is 7.11 Å². The fourth-order valence-electron chi connectivity index (χ4n) is 2.42. The second-order valence-corrected chi connectivity index (χ2v) is 6.45. The van der Waals surface area contributed by atoms with Crippen LogP contribution in [0.15, 0.2) is 48.5 Å². The van der Waals surface area contributed by atoms with E-state index in [4.69, 9.17) is 10.5 Å². The van der Waals surface area contributed by atoms with Gasteiger partial charge in [0, 0.05) is 23.2 Å². The largest absolute Gasteiger partial charge is 0.467 e. The zero-order chi connectivity index (χ0) is 19.8. The van der Waals surface area contributed by atoms with Crippen molar-refractivity contribution in [1.29, 1.82) is 0 Å². The summed E-state index contributed by atoms with van der Waals surface area (Å²) in [5.74, 6) is 5.29. The van der Waals surface area contributed by atoms with Gasteiger partial charge in [-0.2, -0.15) is 0 Å². The molecule has 0 bridgehead atoms. The van der Waals surface area contributed by atoms with Crippen molar-refractivity contribution in [2.45, 2.75) is 26.4 Å². The summed E-state index contributed by atoms with van der Waals surface area (Å²) in [6.07, 6.45) is 0. The summed E-state index contributed by atoms with van der Waals surface area (Å²) in [4.78, 5) is 24.1. The van der Waals surface area contributed by atoms with Crippen molar-refractivity contribution in [2.24, 2.45) is 11.7 Å². The molecule has 1 amide bonds. The van der Waals surface area contributed by atoms with Crippen LogP contribution in [-0.2, 0) is 16.1 Å². The average Bonchev–Trinajstić information content (AvgIpc) is 2.70. The Morgan fingerprint density at radius 3 is 1.96 bits per heavy atom. The number of nitrogens with one attached hydrogen (secondary N) is 1. The lowest BCUT2D eigenvalue weighted by molar-refractivity contribution is -0.144. The molecule has 1 atom stereocenters. The minimum atomic E-state index is -0.682. The monoisotopic (exact) mass is 364 g/mol. The molecule has 5 nitrogen and oxygen atoms in total. The van der Waals surface area contributed by atoms with Gasteiger partial charge in [-0.15, -0.1) is 0 Å². The first-order valence-corrected chi connectivity index (χ1v) is 8.74. The van der Waals surface area contributed by atoms with Crippen LogP contribution in [0.25, 0.3) is 0 Å². The molecule has 0 aromatic heterocycles. The first kappa shape index (κ1) is 20.2. The van der Waals surface area contributed by atoms with E-state index in [1.54, 1.807) is 24.3 Å². The number of amides is 1. The third-order valence-corrected chi connectivity index (χ3v) is 4.10. The molecule has 0 spiro atoms. The summed E-state index contributed by atoms with van der Waals surface area (Å²) >= 11 is 0. The van der Waals surface area contributed by atoms with E-state index in [2.05, 4.69) is 17.2 Å². The van der Waals surface area contributed by atoms with Crippen LogP contribution in [0.3, 0.4) is 0 Å². The molecule has 27 heavy (non-hydrogen) atoms. The van der Waals surface area contributed by atoms with Crippen molar-refractivity contribution in [3.05, 3.63) is 70.8 Å². The van der Waals surface area contributed by atoms with Gasteiger partial charge < -0.3 is 15.8 Å². The van der Waals surface area contributed by atoms with Gasteiger partial charge in [-0.1, -0.05) is 37.8 Å². The first-order valence-electron chi connectivity index (χ1n) is 8.74. The number of rotatable bonds is 5. The number of nitrogens with two attached hydrogens (primary N) is 1. The highest BCUT2D eigenvalue weighted by Gasteiger charge is 2.25. The van der Waals surface area contributed by atoms with Crippen molar-refractivity contribution in [3.63, 3.8) is 0 Å². The molecular formula is C22H24N2O3. The van der Waals surface area contributed by atoms with E-state index in [1.165, 1.54) is 7.11 Å². The Labute approximate surface area is 159 Å². The molecule has 0 radical (unpaired) electrons. The van der Waals surface area contributed by atoms with E-state index in [0.29, 0.717) is 12.1 Å². The summed E-state index contributed by atoms with van der Waals surface area (Å²) in [6.45, 7) is 4.20. The Morgan fingerprint density at radius 2 is 1.52 bits per heavy atom. The lowest BCUT2D eigenvalue weighted by atomic mass is 10.0. The van der Waals surface area contributed by atoms with Crippen molar-refractivity contribution >= 4 is 11.9 Å². The number of benzene rings is 2. The molecule has 2 aromatic carbocycles. The molecule has 0 saturated carbocycles. The lowest BCUT2D eigenvalue weighted by Gasteiger charge is -2.19. The molecule has 0 aliphatic heterocycles. The Bertz CT molecular complexity index is 844. The van der Waals surface area contributed by atoms with Crippen LogP contribution in [0.4, 0.5) is 0 Å². The molecule has 0 aliphatic rings. The molecule has 140 valence electrons. The van der Waals surface area contributed by atoms with Crippen LogP contribution < -0.4 is 11.1 Å². The highest BCUT2D eigenvalue weighted by molar-refractivity contribution is 5.96. The smallest absolute Gasteiger partial charge is 0.328 e. The summed E-state index contributed by atoms with van der Waals surface area (Å²) in [5, 5.41) is 2.71. The van der Waals surface area contributed by atoms with Gasteiger partial charge in [-0.3, -0.25) is 4.79 Å². The standard InChI is InChI=1S/C22H24N2O3/c1-15(2)20(22(26)27-3)24-21(25)19-12-10-17(11-13-19)5-4-16-6-8-18(14-23)9-7-16/h6-13,15,20H,14,23H2,1-3H3,(H,24,25)/t20-/m0/s1. The maximum absolute atomic E-state index is 12.4. The lowest BCUT2D eigenvalue weighted by Crippen LogP contribution is -2.45. The number of carbonyl (C=O) groups excluding carboxylic acids is 2. The number of hydrogen-bond donors (Lipinski definition) is 2. The van der Waals surface area contributed by atoms with E-state index in [1.807, 2.05) is 38.1 Å². The Kier molecular flexibility index (Phi) is 7.16. The van der Waals surface area contributed by atoms with Crippen molar-refractivity contribution in [1.82, 2.24) is 5.32 Å². The van der Waals surface area contributed by atoms with Gasteiger partial charge >= 0.3 is 5.97 Å². The van der Waals surface area contributed by atoms with Crippen molar-refractivity contribution in [2.75, 3.05) is 7.11 Å². The Balaban J connectivity index is 2.07.